The van der Waals surface area contributed by atoms with Gasteiger partial charge in [-0.05, 0) is 50.1 Å². The standard InChI is InChI=1S/C19H30N2O2S/c20-11-5-14-23-16-7-12-21(13-8-16)18(22)19(9-2-1-3-10-19)17-6-4-15-24-17/h4,6,15-16H,1-3,5,7-14,20H2. The number of rotatable bonds is 6. The van der Waals surface area contributed by atoms with Crippen LogP contribution in [0.1, 0.15) is 56.2 Å². The average Bonchev–Trinajstić information content (AvgIpc) is 3.18. The lowest BCUT2D eigenvalue weighted by molar-refractivity contribution is -0.141. The molecule has 0 aromatic carbocycles. The Morgan fingerprint density at radius 3 is 2.67 bits per heavy atom. The molecule has 2 heterocycles. The molecule has 5 heteroatoms. The minimum Gasteiger partial charge on any atom is -0.378 e. The van der Waals surface area contributed by atoms with Gasteiger partial charge in [0.1, 0.15) is 0 Å². The Labute approximate surface area is 149 Å². The summed E-state index contributed by atoms with van der Waals surface area (Å²) in [6, 6.07) is 4.25. The van der Waals surface area contributed by atoms with Gasteiger partial charge in [-0.1, -0.05) is 25.3 Å². The highest BCUT2D eigenvalue weighted by molar-refractivity contribution is 7.10. The number of likely N-dealkylation sites (tertiary alicyclic amines) is 1. The molecule has 0 atom stereocenters. The third-order valence-corrected chi connectivity index (χ3v) is 6.61. The van der Waals surface area contributed by atoms with E-state index in [2.05, 4.69) is 22.4 Å². The fourth-order valence-electron chi connectivity index (χ4n) is 4.13. The number of piperidine rings is 1. The van der Waals surface area contributed by atoms with Crippen molar-refractivity contribution in [1.29, 1.82) is 0 Å². The van der Waals surface area contributed by atoms with Crippen LogP contribution in [0.3, 0.4) is 0 Å². The molecule has 1 aliphatic heterocycles. The summed E-state index contributed by atoms with van der Waals surface area (Å²) in [7, 11) is 0. The van der Waals surface area contributed by atoms with Crippen LogP contribution in [-0.4, -0.2) is 43.2 Å². The molecular formula is C19H30N2O2S. The quantitative estimate of drug-likeness (QED) is 0.801. The van der Waals surface area contributed by atoms with Crippen molar-refractivity contribution in [2.24, 2.45) is 5.73 Å². The molecule has 0 spiro atoms. The van der Waals surface area contributed by atoms with Crippen molar-refractivity contribution in [2.75, 3.05) is 26.2 Å². The monoisotopic (exact) mass is 350 g/mol. The third-order valence-electron chi connectivity index (χ3n) is 5.54. The highest BCUT2D eigenvalue weighted by Gasteiger charge is 2.44. The Hall–Kier alpha value is -0.910. The Bertz CT molecular complexity index is 503. The fourth-order valence-corrected chi connectivity index (χ4v) is 5.11. The average molecular weight is 351 g/mol. The number of carbonyl (C=O) groups is 1. The predicted molar refractivity (Wildman–Crippen MR) is 98.3 cm³/mol. The van der Waals surface area contributed by atoms with E-state index >= 15 is 0 Å². The van der Waals surface area contributed by atoms with E-state index in [0.29, 0.717) is 18.6 Å². The van der Waals surface area contributed by atoms with Crippen molar-refractivity contribution in [3.05, 3.63) is 22.4 Å². The molecule has 0 radical (unpaired) electrons. The zero-order valence-electron chi connectivity index (χ0n) is 14.5. The fraction of sp³-hybridized carbons (Fsp3) is 0.737. The molecule has 1 aliphatic carbocycles. The van der Waals surface area contributed by atoms with Gasteiger partial charge in [-0.15, -0.1) is 11.3 Å². The van der Waals surface area contributed by atoms with Crippen LogP contribution >= 0.6 is 11.3 Å². The maximum atomic E-state index is 13.4. The molecule has 1 saturated heterocycles. The zero-order valence-corrected chi connectivity index (χ0v) is 15.4. The van der Waals surface area contributed by atoms with Crippen LogP contribution in [-0.2, 0) is 14.9 Å². The Morgan fingerprint density at radius 1 is 1.29 bits per heavy atom. The topological polar surface area (TPSA) is 55.6 Å². The third kappa shape index (κ3) is 3.84. The highest BCUT2D eigenvalue weighted by atomic mass is 32.1. The molecule has 134 valence electrons. The van der Waals surface area contributed by atoms with E-state index in [1.165, 1.54) is 24.1 Å². The van der Waals surface area contributed by atoms with E-state index in [1.807, 2.05) is 0 Å². The molecule has 2 fully saturated rings. The molecule has 2 N–H and O–H groups in total. The summed E-state index contributed by atoms with van der Waals surface area (Å²) >= 11 is 1.75. The van der Waals surface area contributed by atoms with Crippen molar-refractivity contribution in [2.45, 2.75) is 62.9 Å². The number of hydrogen-bond acceptors (Lipinski definition) is 4. The highest BCUT2D eigenvalue weighted by Crippen LogP contribution is 2.43. The van der Waals surface area contributed by atoms with Crippen molar-refractivity contribution in [1.82, 2.24) is 4.90 Å². The van der Waals surface area contributed by atoms with Gasteiger partial charge in [-0.2, -0.15) is 0 Å². The number of hydrogen-bond donors (Lipinski definition) is 1. The first-order chi connectivity index (χ1) is 11.8. The zero-order chi connectivity index (χ0) is 16.8. The van der Waals surface area contributed by atoms with E-state index in [-0.39, 0.29) is 5.41 Å². The molecule has 1 aromatic rings. The second kappa shape index (κ2) is 8.45. The van der Waals surface area contributed by atoms with Crippen molar-refractivity contribution >= 4 is 17.2 Å². The Kier molecular flexibility index (Phi) is 6.31. The predicted octanol–water partition coefficient (Wildman–Crippen LogP) is 3.31. The maximum absolute atomic E-state index is 13.4. The first-order valence-corrected chi connectivity index (χ1v) is 10.3. The molecule has 0 unspecified atom stereocenters. The molecule has 0 bridgehead atoms. The molecule has 3 rings (SSSR count). The van der Waals surface area contributed by atoms with Crippen LogP contribution in [0.4, 0.5) is 0 Å². The van der Waals surface area contributed by atoms with E-state index in [0.717, 1.165) is 51.8 Å². The van der Waals surface area contributed by atoms with Crippen LogP contribution < -0.4 is 5.73 Å². The summed E-state index contributed by atoms with van der Waals surface area (Å²) < 4.78 is 5.88. The van der Waals surface area contributed by atoms with Gasteiger partial charge in [0, 0.05) is 24.6 Å². The van der Waals surface area contributed by atoms with Crippen LogP contribution in [0.15, 0.2) is 17.5 Å². The molecule has 2 aliphatic rings. The Morgan fingerprint density at radius 2 is 2.04 bits per heavy atom. The van der Waals surface area contributed by atoms with Crippen LogP contribution in [0.2, 0.25) is 0 Å². The van der Waals surface area contributed by atoms with Gasteiger partial charge < -0.3 is 15.4 Å². The van der Waals surface area contributed by atoms with Gasteiger partial charge in [-0.3, -0.25) is 4.79 Å². The molecular weight excluding hydrogens is 320 g/mol. The SMILES string of the molecule is NCCCOC1CCN(C(=O)C2(c3cccs3)CCCCC2)CC1. The first-order valence-electron chi connectivity index (χ1n) is 9.41. The van der Waals surface area contributed by atoms with Crippen molar-refractivity contribution in [3.63, 3.8) is 0 Å². The normalized spacial score (nSPS) is 21.8. The van der Waals surface area contributed by atoms with Crippen molar-refractivity contribution in [3.8, 4) is 0 Å². The lowest BCUT2D eigenvalue weighted by atomic mass is 9.71. The summed E-state index contributed by atoms with van der Waals surface area (Å²) in [5.41, 5.74) is 5.27. The largest absolute Gasteiger partial charge is 0.378 e. The number of carbonyl (C=O) groups excluding carboxylic acids is 1. The van der Waals surface area contributed by atoms with Gasteiger partial charge in [0.2, 0.25) is 5.91 Å². The number of ether oxygens (including phenoxy) is 1. The van der Waals surface area contributed by atoms with Crippen LogP contribution in [0, 0.1) is 0 Å². The minimum absolute atomic E-state index is 0.250. The summed E-state index contributed by atoms with van der Waals surface area (Å²) in [5, 5.41) is 2.11. The Balaban J connectivity index is 1.62. The molecule has 1 aromatic heterocycles. The summed E-state index contributed by atoms with van der Waals surface area (Å²) in [5.74, 6) is 0.366. The lowest BCUT2D eigenvalue weighted by Crippen LogP contribution is -2.51. The smallest absolute Gasteiger partial charge is 0.234 e. The second-order valence-electron chi connectivity index (χ2n) is 7.12. The van der Waals surface area contributed by atoms with Gasteiger partial charge >= 0.3 is 0 Å². The summed E-state index contributed by atoms with van der Waals surface area (Å²) in [6.45, 7) is 3.09. The van der Waals surface area contributed by atoms with Crippen LogP contribution in [0.5, 0.6) is 0 Å². The lowest BCUT2D eigenvalue weighted by Gasteiger charge is -2.41. The van der Waals surface area contributed by atoms with E-state index in [4.69, 9.17) is 10.5 Å². The first kappa shape index (κ1) is 17.9. The van der Waals surface area contributed by atoms with E-state index < -0.39 is 0 Å². The summed E-state index contributed by atoms with van der Waals surface area (Å²) in [4.78, 5) is 16.8. The molecule has 4 nitrogen and oxygen atoms in total. The van der Waals surface area contributed by atoms with Crippen LogP contribution in [0.25, 0.3) is 0 Å². The van der Waals surface area contributed by atoms with Gasteiger partial charge in [0.05, 0.1) is 11.5 Å². The number of amides is 1. The molecule has 1 saturated carbocycles. The number of nitrogens with two attached hydrogens (primary N) is 1. The summed E-state index contributed by atoms with van der Waals surface area (Å²) in [6.07, 6.45) is 8.75. The van der Waals surface area contributed by atoms with Gasteiger partial charge in [0.15, 0.2) is 0 Å². The minimum atomic E-state index is -0.250. The molecule has 24 heavy (non-hydrogen) atoms. The van der Waals surface area contributed by atoms with Gasteiger partial charge in [0.25, 0.3) is 0 Å². The number of thiophene rings is 1. The molecule has 1 amide bonds. The van der Waals surface area contributed by atoms with Gasteiger partial charge in [-0.25, -0.2) is 0 Å². The maximum Gasteiger partial charge on any atom is 0.234 e. The van der Waals surface area contributed by atoms with E-state index in [1.54, 1.807) is 11.3 Å². The van der Waals surface area contributed by atoms with Crippen molar-refractivity contribution < 1.29 is 9.53 Å². The van der Waals surface area contributed by atoms with E-state index in [9.17, 15) is 4.79 Å². The second-order valence-corrected chi connectivity index (χ2v) is 8.07. The number of nitrogens with zero attached hydrogens (tertiary/aromatic N) is 1.